The molecule has 3 rings (SSSR count). The van der Waals surface area contributed by atoms with Crippen LogP contribution in [-0.4, -0.2) is 33.2 Å². The smallest absolute Gasteiger partial charge is 0.270 e. The predicted octanol–water partition coefficient (Wildman–Crippen LogP) is 4.07. The Balaban J connectivity index is 0.000000921. The number of pyridine rings is 1. The van der Waals surface area contributed by atoms with E-state index in [0.29, 0.717) is 24.5 Å². The van der Waals surface area contributed by atoms with E-state index in [1.807, 2.05) is 27.7 Å². The lowest BCUT2D eigenvalue weighted by Gasteiger charge is -2.13. The lowest BCUT2D eigenvalue weighted by Crippen LogP contribution is -2.25. The van der Waals surface area contributed by atoms with Crippen LogP contribution >= 0.6 is 0 Å². The van der Waals surface area contributed by atoms with Crippen molar-refractivity contribution in [2.45, 2.75) is 34.2 Å². The Labute approximate surface area is 164 Å². The molecule has 0 spiro atoms. The zero-order valence-corrected chi connectivity index (χ0v) is 16.9. The Hall–Kier alpha value is -3.13. The predicted molar refractivity (Wildman–Crippen MR) is 110 cm³/mol. The highest BCUT2D eigenvalue weighted by Crippen LogP contribution is 2.21. The molecule has 2 aromatic heterocycles. The van der Waals surface area contributed by atoms with Gasteiger partial charge in [-0.15, -0.1) is 0 Å². The molecule has 0 saturated carbocycles. The molecule has 0 amide bonds. The second-order valence-electron chi connectivity index (χ2n) is 5.08. The first kappa shape index (κ1) is 22.9. The maximum Gasteiger partial charge on any atom is 0.270 e. The van der Waals surface area contributed by atoms with E-state index in [0.717, 1.165) is 5.56 Å². The molecular weight excluding hydrogens is 360 g/mol. The normalized spacial score (nSPS) is 9.75. The van der Waals surface area contributed by atoms with Crippen molar-refractivity contribution in [3.63, 3.8) is 0 Å². The van der Waals surface area contributed by atoms with Crippen molar-refractivity contribution in [1.29, 1.82) is 0 Å². The number of non-ortho nitro benzene ring substituents is 1. The number of hydrogen-bond acceptors (Lipinski definition) is 6. The van der Waals surface area contributed by atoms with Gasteiger partial charge in [0.25, 0.3) is 11.2 Å². The molecule has 0 aliphatic rings. The van der Waals surface area contributed by atoms with Crippen LogP contribution in [0.25, 0.3) is 22.3 Å². The maximum absolute atomic E-state index is 12.8. The Bertz CT molecular complexity index is 956. The Morgan fingerprint density at radius 3 is 2.32 bits per heavy atom. The van der Waals surface area contributed by atoms with Crippen molar-refractivity contribution in [2.24, 2.45) is 0 Å². The molecule has 8 heteroatoms. The fourth-order valence-electron chi connectivity index (χ4n) is 2.43. The lowest BCUT2D eigenvalue weighted by atomic mass is 10.2. The summed E-state index contributed by atoms with van der Waals surface area (Å²) >= 11 is 0. The topological polar surface area (TPSA) is 100 Å². The number of ether oxygens (including phenoxy) is 1. The molecule has 2 heterocycles. The van der Waals surface area contributed by atoms with Gasteiger partial charge in [0.15, 0.2) is 0 Å². The number of hydrogen-bond donors (Lipinski definition) is 0. The van der Waals surface area contributed by atoms with Gasteiger partial charge in [0, 0.05) is 37.2 Å². The van der Waals surface area contributed by atoms with E-state index in [-0.39, 0.29) is 16.6 Å². The van der Waals surface area contributed by atoms with E-state index in [1.54, 1.807) is 24.5 Å². The Morgan fingerprint density at radius 2 is 1.75 bits per heavy atom. The Morgan fingerprint density at radius 1 is 1.11 bits per heavy atom. The van der Waals surface area contributed by atoms with Gasteiger partial charge in [0.2, 0.25) is 0 Å². The van der Waals surface area contributed by atoms with Gasteiger partial charge in [-0.25, -0.2) is 4.98 Å². The van der Waals surface area contributed by atoms with Crippen LogP contribution in [-0.2, 0) is 11.3 Å². The number of nitro benzene ring substituents is 1. The molecule has 8 nitrogen and oxygen atoms in total. The number of rotatable bonds is 5. The average molecular weight is 386 g/mol. The summed E-state index contributed by atoms with van der Waals surface area (Å²) in [6, 6.07) is 7.58. The Kier molecular flexibility index (Phi) is 9.45. The average Bonchev–Trinajstić information content (AvgIpc) is 2.76. The summed E-state index contributed by atoms with van der Waals surface area (Å²) in [5.41, 5.74) is 0.661. The first-order valence-electron chi connectivity index (χ1n) is 9.20. The van der Waals surface area contributed by atoms with Crippen LogP contribution in [0.15, 0.2) is 47.5 Å². The van der Waals surface area contributed by atoms with E-state index < -0.39 is 4.92 Å². The molecule has 0 aliphatic heterocycles. The van der Waals surface area contributed by atoms with Gasteiger partial charge >= 0.3 is 0 Å². The molecule has 0 bridgehead atoms. The number of benzene rings is 1. The molecule has 3 aromatic rings. The van der Waals surface area contributed by atoms with Crippen LogP contribution in [0.5, 0.6) is 0 Å². The number of nitrogens with zero attached hydrogens (tertiary/aromatic N) is 4. The molecule has 0 atom stereocenters. The van der Waals surface area contributed by atoms with Crippen molar-refractivity contribution in [2.75, 3.05) is 13.7 Å². The molecule has 0 saturated heterocycles. The molecule has 0 N–H and O–H groups in total. The van der Waals surface area contributed by atoms with E-state index in [2.05, 4.69) is 9.97 Å². The molecule has 0 unspecified atom stereocenters. The minimum absolute atomic E-state index is 0.142. The van der Waals surface area contributed by atoms with Crippen LogP contribution in [0.1, 0.15) is 27.7 Å². The summed E-state index contributed by atoms with van der Waals surface area (Å²) in [5.74, 6) is 0.473. The third-order valence-corrected chi connectivity index (χ3v) is 3.61. The van der Waals surface area contributed by atoms with E-state index >= 15 is 0 Å². The second kappa shape index (κ2) is 11.6. The molecule has 150 valence electrons. The molecule has 28 heavy (non-hydrogen) atoms. The third kappa shape index (κ3) is 5.20. The zero-order valence-electron chi connectivity index (χ0n) is 16.9. The van der Waals surface area contributed by atoms with E-state index in [1.165, 1.54) is 29.9 Å². The zero-order chi connectivity index (χ0) is 21.1. The number of methoxy groups -OCH3 is 1. The van der Waals surface area contributed by atoms with E-state index in [4.69, 9.17) is 4.74 Å². The highest BCUT2D eigenvalue weighted by atomic mass is 16.6. The highest BCUT2D eigenvalue weighted by molar-refractivity contribution is 5.82. The number of aromatic nitrogens is 3. The minimum Gasteiger partial charge on any atom is -0.383 e. The third-order valence-electron chi connectivity index (χ3n) is 3.61. The van der Waals surface area contributed by atoms with Gasteiger partial charge < -0.3 is 4.74 Å². The summed E-state index contributed by atoms with van der Waals surface area (Å²) in [6.07, 6.45) is 3.23. The van der Waals surface area contributed by atoms with Gasteiger partial charge in [-0.1, -0.05) is 27.7 Å². The van der Waals surface area contributed by atoms with Crippen molar-refractivity contribution >= 4 is 16.6 Å². The molecule has 1 aromatic carbocycles. The molecular formula is C20H26N4O4. The second-order valence-corrected chi connectivity index (χ2v) is 5.08. The van der Waals surface area contributed by atoms with Crippen molar-refractivity contribution in [3.8, 4) is 11.4 Å². The summed E-state index contributed by atoms with van der Waals surface area (Å²) in [7, 11) is 1.54. The fourth-order valence-corrected chi connectivity index (χ4v) is 2.43. The van der Waals surface area contributed by atoms with Gasteiger partial charge in [-0.05, 0) is 18.2 Å². The first-order chi connectivity index (χ1) is 13.6. The molecule has 0 fully saturated rings. The summed E-state index contributed by atoms with van der Waals surface area (Å²) in [6.45, 7) is 8.61. The molecule has 0 radical (unpaired) electrons. The van der Waals surface area contributed by atoms with Crippen LogP contribution in [0.3, 0.4) is 0 Å². The standard InChI is InChI=1S/C16H14N4O4.2C2H6/c1-24-9-8-19-15(11-4-6-17-7-5-11)18-14-3-2-12(20(22)23)10-13(14)16(19)21;2*1-2/h2-7,10H,8-9H2,1H3;2*1-2H3. The number of fused-ring (bicyclic) bond motifs is 1. The number of nitro groups is 1. The summed E-state index contributed by atoms with van der Waals surface area (Å²) < 4.78 is 6.52. The van der Waals surface area contributed by atoms with Crippen molar-refractivity contribution in [3.05, 3.63) is 63.2 Å². The fraction of sp³-hybridized carbons (Fsp3) is 0.350. The van der Waals surface area contributed by atoms with Gasteiger partial charge in [-0.2, -0.15) is 0 Å². The summed E-state index contributed by atoms with van der Waals surface area (Å²) in [5, 5.41) is 11.2. The van der Waals surface area contributed by atoms with Crippen molar-refractivity contribution < 1.29 is 9.66 Å². The van der Waals surface area contributed by atoms with Crippen LogP contribution in [0.2, 0.25) is 0 Å². The van der Waals surface area contributed by atoms with Crippen LogP contribution < -0.4 is 5.56 Å². The lowest BCUT2D eigenvalue weighted by molar-refractivity contribution is -0.384. The maximum atomic E-state index is 12.8. The SMILES string of the molecule is CC.CC.COCCn1c(-c2ccncc2)nc2ccc([N+](=O)[O-])cc2c1=O. The highest BCUT2D eigenvalue weighted by Gasteiger charge is 2.15. The van der Waals surface area contributed by atoms with Crippen LogP contribution in [0.4, 0.5) is 5.69 Å². The first-order valence-corrected chi connectivity index (χ1v) is 9.20. The van der Waals surface area contributed by atoms with Gasteiger partial charge in [0.1, 0.15) is 5.82 Å². The van der Waals surface area contributed by atoms with Crippen LogP contribution in [0, 0.1) is 10.1 Å². The van der Waals surface area contributed by atoms with E-state index in [9.17, 15) is 14.9 Å². The summed E-state index contributed by atoms with van der Waals surface area (Å²) in [4.78, 5) is 31.7. The quantitative estimate of drug-likeness (QED) is 0.484. The minimum atomic E-state index is -0.533. The monoisotopic (exact) mass is 386 g/mol. The van der Waals surface area contributed by atoms with Gasteiger partial charge in [0.05, 0.1) is 29.0 Å². The molecule has 0 aliphatic carbocycles. The van der Waals surface area contributed by atoms with Gasteiger partial charge in [-0.3, -0.25) is 24.5 Å². The van der Waals surface area contributed by atoms with Crippen molar-refractivity contribution in [1.82, 2.24) is 14.5 Å². The largest absolute Gasteiger partial charge is 0.383 e.